The third-order valence-electron chi connectivity index (χ3n) is 3.79. The Morgan fingerprint density at radius 1 is 1.26 bits per heavy atom. The van der Waals surface area contributed by atoms with Gasteiger partial charge in [-0.05, 0) is 62.5 Å². The molecule has 1 fully saturated rings. The number of hydrogen-bond donors (Lipinski definition) is 2. The summed E-state index contributed by atoms with van der Waals surface area (Å²) in [7, 11) is 0. The molecule has 0 amide bonds. The van der Waals surface area contributed by atoms with Crippen LogP contribution in [-0.2, 0) is 0 Å². The van der Waals surface area contributed by atoms with E-state index in [0.29, 0.717) is 6.04 Å². The van der Waals surface area contributed by atoms with Gasteiger partial charge >= 0.3 is 0 Å². The van der Waals surface area contributed by atoms with Gasteiger partial charge in [0.25, 0.3) is 0 Å². The van der Waals surface area contributed by atoms with Crippen molar-refractivity contribution in [3.8, 4) is 0 Å². The van der Waals surface area contributed by atoms with Gasteiger partial charge in [-0.2, -0.15) is 0 Å². The Bertz CT molecular complexity index is 348. The Kier molecular flexibility index (Phi) is 7.77. The average molecular weight is 303 g/mol. The Morgan fingerprint density at radius 3 is 2.47 bits per heavy atom. The second-order valence-corrected chi connectivity index (χ2v) is 5.55. The minimum atomic E-state index is 0. The molecule has 1 aliphatic heterocycles. The number of piperidine rings is 1. The van der Waals surface area contributed by atoms with Crippen LogP contribution >= 0.6 is 24.0 Å². The summed E-state index contributed by atoms with van der Waals surface area (Å²) in [5, 5.41) is 7.93. The second-order valence-electron chi connectivity index (χ2n) is 5.11. The van der Waals surface area contributed by atoms with Gasteiger partial charge in [0.15, 0.2) is 0 Å². The highest BCUT2D eigenvalue weighted by Gasteiger charge is 2.15. The molecule has 1 aromatic rings. The van der Waals surface area contributed by atoms with Gasteiger partial charge in [-0.15, -0.1) is 12.4 Å². The van der Waals surface area contributed by atoms with Crippen LogP contribution in [0, 0.1) is 5.92 Å². The van der Waals surface area contributed by atoms with Crippen molar-refractivity contribution in [2.24, 2.45) is 5.92 Å². The third-order valence-corrected chi connectivity index (χ3v) is 4.04. The van der Waals surface area contributed by atoms with Crippen molar-refractivity contribution in [3.05, 3.63) is 34.9 Å². The third kappa shape index (κ3) is 5.31. The van der Waals surface area contributed by atoms with Gasteiger partial charge < -0.3 is 10.6 Å². The fourth-order valence-corrected chi connectivity index (χ4v) is 2.71. The number of benzene rings is 1. The lowest BCUT2D eigenvalue weighted by Crippen LogP contribution is -2.34. The van der Waals surface area contributed by atoms with Gasteiger partial charge in [0, 0.05) is 11.1 Å². The minimum Gasteiger partial charge on any atom is -0.317 e. The normalized spacial score (nSPS) is 17.8. The number of halogens is 2. The van der Waals surface area contributed by atoms with Crippen LogP contribution in [0.25, 0.3) is 0 Å². The average Bonchev–Trinajstić information content (AvgIpc) is 2.42. The molecule has 0 aromatic heterocycles. The smallest absolute Gasteiger partial charge is 0.0406 e. The van der Waals surface area contributed by atoms with E-state index < -0.39 is 0 Å². The van der Waals surface area contributed by atoms with E-state index in [-0.39, 0.29) is 12.4 Å². The molecule has 1 aromatic carbocycles. The van der Waals surface area contributed by atoms with Gasteiger partial charge in [0.2, 0.25) is 0 Å². The van der Waals surface area contributed by atoms with Gasteiger partial charge in [-0.3, -0.25) is 0 Å². The molecule has 1 aliphatic rings. The molecular formula is C15H24Cl2N2. The molecule has 19 heavy (non-hydrogen) atoms. The number of nitrogens with one attached hydrogen (secondary N) is 2. The zero-order chi connectivity index (χ0) is 12.8. The summed E-state index contributed by atoms with van der Waals surface area (Å²) >= 11 is 5.93. The topological polar surface area (TPSA) is 24.1 Å². The van der Waals surface area contributed by atoms with Crippen molar-refractivity contribution in [2.45, 2.75) is 32.2 Å². The quantitative estimate of drug-likeness (QED) is 0.864. The molecule has 0 saturated carbocycles. The first-order valence-electron chi connectivity index (χ1n) is 6.99. The molecule has 0 spiro atoms. The van der Waals surface area contributed by atoms with Crippen LogP contribution in [0.15, 0.2) is 24.3 Å². The van der Waals surface area contributed by atoms with Crippen LogP contribution in [0.2, 0.25) is 5.02 Å². The maximum atomic E-state index is 5.93. The van der Waals surface area contributed by atoms with Crippen LogP contribution in [-0.4, -0.2) is 19.6 Å². The minimum absolute atomic E-state index is 0. The highest BCUT2D eigenvalue weighted by atomic mass is 35.5. The molecule has 2 nitrogen and oxygen atoms in total. The van der Waals surface area contributed by atoms with E-state index >= 15 is 0 Å². The van der Waals surface area contributed by atoms with Gasteiger partial charge in [-0.25, -0.2) is 0 Å². The van der Waals surface area contributed by atoms with E-state index in [1.807, 2.05) is 12.1 Å². The maximum absolute atomic E-state index is 5.93. The van der Waals surface area contributed by atoms with Crippen LogP contribution in [0.4, 0.5) is 0 Å². The van der Waals surface area contributed by atoms with Crippen molar-refractivity contribution in [1.82, 2.24) is 10.6 Å². The van der Waals surface area contributed by atoms with Crippen LogP contribution in [0.3, 0.4) is 0 Å². The van der Waals surface area contributed by atoms with E-state index in [0.717, 1.165) is 23.9 Å². The first-order chi connectivity index (χ1) is 8.79. The lowest BCUT2D eigenvalue weighted by atomic mass is 9.97. The first-order valence-corrected chi connectivity index (χ1v) is 7.37. The SMILES string of the molecule is CCC(NCC1CCNCC1)c1ccc(Cl)cc1.Cl. The maximum Gasteiger partial charge on any atom is 0.0406 e. The molecule has 2 rings (SSSR count). The molecule has 108 valence electrons. The summed E-state index contributed by atoms with van der Waals surface area (Å²) in [6.07, 6.45) is 3.71. The number of rotatable bonds is 5. The molecule has 1 saturated heterocycles. The molecule has 1 atom stereocenters. The van der Waals surface area contributed by atoms with E-state index in [9.17, 15) is 0 Å². The Labute approximate surface area is 127 Å². The van der Waals surface area contributed by atoms with E-state index in [2.05, 4.69) is 29.7 Å². The Hall–Kier alpha value is -0.280. The fraction of sp³-hybridized carbons (Fsp3) is 0.600. The van der Waals surface area contributed by atoms with Crippen molar-refractivity contribution < 1.29 is 0 Å². The summed E-state index contributed by atoms with van der Waals surface area (Å²) in [6, 6.07) is 8.67. The zero-order valence-electron chi connectivity index (χ0n) is 11.5. The van der Waals surface area contributed by atoms with Gasteiger partial charge in [0.05, 0.1) is 0 Å². The van der Waals surface area contributed by atoms with Crippen molar-refractivity contribution >= 4 is 24.0 Å². The summed E-state index contributed by atoms with van der Waals surface area (Å²) in [5.41, 5.74) is 1.34. The van der Waals surface area contributed by atoms with Crippen molar-refractivity contribution in [2.75, 3.05) is 19.6 Å². The van der Waals surface area contributed by atoms with Gasteiger partial charge in [-0.1, -0.05) is 30.7 Å². The molecular weight excluding hydrogens is 279 g/mol. The Balaban J connectivity index is 0.00000180. The largest absolute Gasteiger partial charge is 0.317 e. The van der Waals surface area contributed by atoms with E-state index in [4.69, 9.17) is 11.6 Å². The zero-order valence-corrected chi connectivity index (χ0v) is 13.1. The van der Waals surface area contributed by atoms with E-state index in [1.54, 1.807) is 0 Å². The van der Waals surface area contributed by atoms with Crippen molar-refractivity contribution in [3.63, 3.8) is 0 Å². The summed E-state index contributed by atoms with van der Waals surface area (Å²) in [4.78, 5) is 0. The van der Waals surface area contributed by atoms with Crippen molar-refractivity contribution in [1.29, 1.82) is 0 Å². The monoisotopic (exact) mass is 302 g/mol. The lowest BCUT2D eigenvalue weighted by Gasteiger charge is -2.26. The summed E-state index contributed by atoms with van der Waals surface area (Å²) < 4.78 is 0. The first kappa shape index (κ1) is 16.8. The molecule has 0 radical (unpaired) electrons. The summed E-state index contributed by atoms with van der Waals surface area (Å²) in [6.45, 7) is 5.70. The molecule has 0 aliphatic carbocycles. The Morgan fingerprint density at radius 2 is 1.89 bits per heavy atom. The van der Waals surface area contributed by atoms with Crippen LogP contribution in [0.5, 0.6) is 0 Å². The van der Waals surface area contributed by atoms with Gasteiger partial charge in [0.1, 0.15) is 0 Å². The standard InChI is InChI=1S/C15H23ClN2.ClH/c1-2-15(13-3-5-14(16)6-4-13)18-11-12-7-9-17-10-8-12;/h3-6,12,15,17-18H,2,7-11H2,1H3;1H. The predicted octanol–water partition coefficient (Wildman–Crippen LogP) is 3.80. The summed E-state index contributed by atoms with van der Waals surface area (Å²) in [5.74, 6) is 0.826. The van der Waals surface area contributed by atoms with Crippen LogP contribution < -0.4 is 10.6 Å². The van der Waals surface area contributed by atoms with E-state index in [1.165, 1.54) is 31.5 Å². The van der Waals surface area contributed by atoms with Crippen LogP contribution in [0.1, 0.15) is 37.8 Å². The highest BCUT2D eigenvalue weighted by molar-refractivity contribution is 6.30. The highest BCUT2D eigenvalue weighted by Crippen LogP contribution is 2.20. The molecule has 1 unspecified atom stereocenters. The number of hydrogen-bond acceptors (Lipinski definition) is 2. The molecule has 0 bridgehead atoms. The molecule has 4 heteroatoms. The molecule has 1 heterocycles. The lowest BCUT2D eigenvalue weighted by molar-refractivity contribution is 0.338. The molecule has 2 N–H and O–H groups in total. The predicted molar refractivity (Wildman–Crippen MR) is 85.3 cm³/mol. The fourth-order valence-electron chi connectivity index (χ4n) is 2.59. The second kappa shape index (κ2) is 8.80.